The first-order chi connectivity index (χ1) is 7.34. The molecule has 0 fully saturated rings. The second kappa shape index (κ2) is 7.92. The molecule has 1 unspecified atom stereocenters. The lowest BCUT2D eigenvalue weighted by Crippen LogP contribution is -1.99. The summed E-state index contributed by atoms with van der Waals surface area (Å²) in [6.45, 7) is 3.51. The van der Waals surface area contributed by atoms with Crippen LogP contribution in [-0.4, -0.2) is 13.2 Å². The van der Waals surface area contributed by atoms with Crippen LogP contribution in [0.3, 0.4) is 0 Å². The molecule has 0 aliphatic carbocycles. The zero-order valence-electron chi connectivity index (χ0n) is 8.83. The molecule has 4 heteroatoms. The van der Waals surface area contributed by atoms with Gasteiger partial charge in [0.15, 0.2) is 0 Å². The van der Waals surface area contributed by atoms with Gasteiger partial charge in [-0.1, -0.05) is 29.4 Å². The molecule has 0 amide bonds. The van der Waals surface area contributed by atoms with Crippen molar-refractivity contribution in [1.29, 1.82) is 0 Å². The van der Waals surface area contributed by atoms with E-state index in [2.05, 4.69) is 0 Å². The average Bonchev–Trinajstić information content (AvgIpc) is 2.25. The Labute approximate surface area is 97.6 Å². The molecule has 0 N–H and O–H groups in total. The van der Waals surface area contributed by atoms with Crippen molar-refractivity contribution in [2.24, 2.45) is 0 Å². The Kier molecular flexibility index (Phi) is 6.74. The van der Waals surface area contributed by atoms with E-state index in [1.807, 2.05) is 31.2 Å². The van der Waals surface area contributed by atoms with Gasteiger partial charge in [-0.2, -0.15) is 0 Å². The number of halogens is 1. The Balaban J connectivity index is 2.12. The third-order valence-corrected chi connectivity index (χ3v) is 2.69. The van der Waals surface area contributed by atoms with Gasteiger partial charge in [0.05, 0.1) is 13.2 Å². The summed E-state index contributed by atoms with van der Waals surface area (Å²) in [7, 11) is 0.0720. The molecule has 0 saturated heterocycles. The summed E-state index contributed by atoms with van der Waals surface area (Å²) >= 11 is 5.41. The van der Waals surface area contributed by atoms with Gasteiger partial charge in [-0.15, -0.1) is 0 Å². The number of benzene rings is 1. The third kappa shape index (κ3) is 5.36. The quantitative estimate of drug-likeness (QED) is 0.536. The van der Waals surface area contributed by atoms with E-state index >= 15 is 0 Å². The molecule has 0 aliphatic rings. The van der Waals surface area contributed by atoms with Crippen molar-refractivity contribution in [3.8, 4) is 5.75 Å². The van der Waals surface area contributed by atoms with Crippen molar-refractivity contribution in [3.05, 3.63) is 29.8 Å². The minimum atomic E-state index is 0.0720. The summed E-state index contributed by atoms with van der Waals surface area (Å²) in [6, 6.07) is 8.04. The standard InChI is InChI=1S/C11H16ClO2P/c1-10-6-2-3-7-11(10)13-8-4-5-9-14-15-12/h2-3,6-7,15H,4-5,8-9H2,1H3. The minimum Gasteiger partial charge on any atom is -0.493 e. The Hall–Kier alpha value is -0.300. The monoisotopic (exact) mass is 246 g/mol. The number of unbranched alkanes of at least 4 members (excludes halogenated alkanes) is 1. The van der Waals surface area contributed by atoms with E-state index in [1.165, 1.54) is 5.56 Å². The molecule has 0 bridgehead atoms. The summed E-state index contributed by atoms with van der Waals surface area (Å²) < 4.78 is 10.7. The van der Waals surface area contributed by atoms with E-state index in [4.69, 9.17) is 20.5 Å². The fraction of sp³-hybridized carbons (Fsp3) is 0.455. The van der Waals surface area contributed by atoms with Crippen LogP contribution in [0.5, 0.6) is 5.75 Å². The van der Waals surface area contributed by atoms with Crippen LogP contribution in [0.2, 0.25) is 0 Å². The number of para-hydroxylation sites is 1. The molecule has 84 valence electrons. The van der Waals surface area contributed by atoms with Crippen molar-refractivity contribution in [2.75, 3.05) is 13.2 Å². The van der Waals surface area contributed by atoms with Gasteiger partial charge in [0, 0.05) is 0 Å². The molecule has 0 saturated carbocycles. The molecule has 2 nitrogen and oxygen atoms in total. The molecule has 1 rings (SSSR count). The maximum absolute atomic E-state index is 5.63. The van der Waals surface area contributed by atoms with Gasteiger partial charge in [0.2, 0.25) is 0 Å². The minimum absolute atomic E-state index is 0.0720. The van der Waals surface area contributed by atoms with E-state index in [0.717, 1.165) is 31.8 Å². The van der Waals surface area contributed by atoms with Crippen molar-refractivity contribution in [1.82, 2.24) is 0 Å². The van der Waals surface area contributed by atoms with E-state index in [1.54, 1.807) is 0 Å². The van der Waals surface area contributed by atoms with E-state index in [0.29, 0.717) is 0 Å². The van der Waals surface area contributed by atoms with E-state index in [-0.39, 0.29) is 8.16 Å². The van der Waals surface area contributed by atoms with Crippen LogP contribution < -0.4 is 4.74 Å². The predicted molar refractivity (Wildman–Crippen MR) is 66.0 cm³/mol. The van der Waals surface area contributed by atoms with Crippen LogP contribution in [0, 0.1) is 6.92 Å². The third-order valence-electron chi connectivity index (χ3n) is 2.05. The van der Waals surface area contributed by atoms with E-state index < -0.39 is 0 Å². The average molecular weight is 247 g/mol. The second-order valence-electron chi connectivity index (χ2n) is 3.25. The summed E-state index contributed by atoms with van der Waals surface area (Å²) in [6.07, 6.45) is 1.99. The molecular formula is C11H16ClO2P. The molecule has 15 heavy (non-hydrogen) atoms. The molecule has 0 heterocycles. The van der Waals surface area contributed by atoms with Crippen molar-refractivity contribution < 1.29 is 9.26 Å². The largest absolute Gasteiger partial charge is 0.493 e. The molecule has 0 aromatic heterocycles. The van der Waals surface area contributed by atoms with Crippen LogP contribution in [0.1, 0.15) is 18.4 Å². The Morgan fingerprint density at radius 1 is 1.20 bits per heavy atom. The maximum atomic E-state index is 5.63. The first-order valence-electron chi connectivity index (χ1n) is 5.00. The molecule has 1 atom stereocenters. The summed E-state index contributed by atoms with van der Waals surface area (Å²) in [4.78, 5) is 0. The number of hydrogen-bond donors (Lipinski definition) is 0. The lowest BCUT2D eigenvalue weighted by molar-refractivity contribution is 0.281. The predicted octanol–water partition coefficient (Wildman–Crippen LogP) is 3.92. The van der Waals surface area contributed by atoms with Gasteiger partial charge in [0.1, 0.15) is 13.9 Å². The first-order valence-corrected chi connectivity index (χ1v) is 6.92. The van der Waals surface area contributed by atoms with Gasteiger partial charge in [0.25, 0.3) is 0 Å². The highest BCUT2D eigenvalue weighted by atomic mass is 35.7. The number of rotatable bonds is 7. The SMILES string of the molecule is Cc1ccccc1OCCCCOPCl. The molecule has 1 aromatic carbocycles. The van der Waals surface area contributed by atoms with Gasteiger partial charge in [-0.05, 0) is 31.4 Å². The molecule has 1 aromatic rings. The van der Waals surface area contributed by atoms with Crippen LogP contribution in [0.25, 0.3) is 0 Å². The Morgan fingerprint density at radius 2 is 1.93 bits per heavy atom. The van der Waals surface area contributed by atoms with Crippen LogP contribution in [0.15, 0.2) is 24.3 Å². The van der Waals surface area contributed by atoms with Crippen LogP contribution in [-0.2, 0) is 4.52 Å². The normalized spacial score (nSPS) is 11.1. The zero-order chi connectivity index (χ0) is 10.9. The Morgan fingerprint density at radius 3 is 2.67 bits per heavy atom. The van der Waals surface area contributed by atoms with Crippen LogP contribution >= 0.6 is 19.4 Å². The first kappa shape index (κ1) is 12.8. The van der Waals surface area contributed by atoms with E-state index in [9.17, 15) is 0 Å². The van der Waals surface area contributed by atoms with Gasteiger partial charge in [-0.25, -0.2) is 0 Å². The van der Waals surface area contributed by atoms with Crippen molar-refractivity contribution in [3.63, 3.8) is 0 Å². The fourth-order valence-corrected chi connectivity index (χ4v) is 1.67. The van der Waals surface area contributed by atoms with Crippen molar-refractivity contribution >= 4 is 19.4 Å². The topological polar surface area (TPSA) is 18.5 Å². The lowest BCUT2D eigenvalue weighted by Gasteiger charge is -2.08. The highest BCUT2D eigenvalue weighted by molar-refractivity contribution is 7.64. The molecule has 0 radical (unpaired) electrons. The summed E-state index contributed by atoms with van der Waals surface area (Å²) in [5.41, 5.74) is 1.18. The maximum Gasteiger partial charge on any atom is 0.122 e. The van der Waals surface area contributed by atoms with Crippen molar-refractivity contribution in [2.45, 2.75) is 19.8 Å². The highest BCUT2D eigenvalue weighted by Crippen LogP contribution is 2.18. The highest BCUT2D eigenvalue weighted by Gasteiger charge is 1.96. The number of hydrogen-bond acceptors (Lipinski definition) is 2. The van der Waals surface area contributed by atoms with Crippen LogP contribution in [0.4, 0.5) is 0 Å². The summed E-state index contributed by atoms with van der Waals surface area (Å²) in [5, 5.41) is 0. The lowest BCUT2D eigenvalue weighted by atomic mass is 10.2. The zero-order valence-corrected chi connectivity index (χ0v) is 10.6. The van der Waals surface area contributed by atoms with Gasteiger partial charge >= 0.3 is 0 Å². The molecule has 0 aliphatic heterocycles. The van der Waals surface area contributed by atoms with Gasteiger partial charge < -0.3 is 9.26 Å². The molecular weight excluding hydrogens is 231 g/mol. The Bertz CT molecular complexity index is 281. The van der Waals surface area contributed by atoms with Gasteiger partial charge in [-0.3, -0.25) is 0 Å². The smallest absolute Gasteiger partial charge is 0.122 e. The fourth-order valence-electron chi connectivity index (χ4n) is 1.22. The molecule has 0 spiro atoms. The number of aryl methyl sites for hydroxylation is 1. The number of ether oxygens (including phenoxy) is 1. The summed E-state index contributed by atoms with van der Waals surface area (Å²) in [5.74, 6) is 0.970. The second-order valence-corrected chi connectivity index (χ2v) is 4.15.